The number of aryl methyl sites for hydroxylation is 2. The van der Waals surface area contributed by atoms with Crippen LogP contribution in [0.4, 0.5) is 0 Å². The average Bonchev–Trinajstić information content (AvgIpc) is 3.38. The fourth-order valence-electron chi connectivity index (χ4n) is 4.01. The van der Waals surface area contributed by atoms with Crippen molar-refractivity contribution >= 4 is 11.8 Å². The largest absolute Gasteiger partial charge is 0.352 e. The van der Waals surface area contributed by atoms with Gasteiger partial charge < -0.3 is 14.8 Å². The number of fused-ring (bicyclic) bond motifs is 1. The smallest absolute Gasteiger partial charge is 0.290 e. The van der Waals surface area contributed by atoms with Gasteiger partial charge in [0.1, 0.15) is 6.04 Å². The van der Waals surface area contributed by atoms with Crippen molar-refractivity contribution in [2.75, 3.05) is 13.1 Å². The first-order chi connectivity index (χ1) is 12.6. The molecule has 2 atom stereocenters. The monoisotopic (exact) mass is 356 g/mol. The van der Waals surface area contributed by atoms with Gasteiger partial charge in [-0.2, -0.15) is 5.10 Å². The molecular weight excluding hydrogens is 332 g/mol. The first kappa shape index (κ1) is 16.8. The summed E-state index contributed by atoms with van der Waals surface area (Å²) >= 11 is 0. The number of imidazole rings is 1. The number of nitrogens with one attached hydrogen (secondary N) is 1. The van der Waals surface area contributed by atoms with E-state index in [4.69, 9.17) is 0 Å². The molecule has 2 aliphatic rings. The topological polar surface area (TPSA) is 85.1 Å². The van der Waals surface area contributed by atoms with E-state index in [2.05, 4.69) is 15.4 Å². The lowest BCUT2D eigenvalue weighted by atomic mass is 10.0. The first-order valence-electron chi connectivity index (χ1n) is 9.23. The molecule has 0 aromatic carbocycles. The number of nitrogens with zero attached hydrogens (tertiary/aromatic N) is 5. The van der Waals surface area contributed by atoms with Crippen LogP contribution in [0.1, 0.15) is 48.0 Å². The van der Waals surface area contributed by atoms with Crippen LogP contribution in [0.2, 0.25) is 0 Å². The van der Waals surface area contributed by atoms with E-state index < -0.39 is 0 Å². The van der Waals surface area contributed by atoms with E-state index in [1.54, 1.807) is 23.2 Å². The molecule has 8 nitrogen and oxygen atoms in total. The number of rotatable bonds is 4. The van der Waals surface area contributed by atoms with Crippen molar-refractivity contribution in [1.82, 2.24) is 29.5 Å². The first-order valence-corrected chi connectivity index (χ1v) is 9.23. The minimum atomic E-state index is -0.242. The third-order valence-electron chi connectivity index (χ3n) is 5.42. The zero-order valence-electron chi connectivity index (χ0n) is 15.0. The van der Waals surface area contributed by atoms with Crippen molar-refractivity contribution in [3.63, 3.8) is 0 Å². The van der Waals surface area contributed by atoms with Crippen molar-refractivity contribution in [3.05, 3.63) is 36.2 Å². The summed E-state index contributed by atoms with van der Waals surface area (Å²) in [6, 6.07) is 1.75. The summed E-state index contributed by atoms with van der Waals surface area (Å²) in [5, 5.41) is 7.35. The fraction of sp³-hybridized carbons (Fsp3) is 0.556. The molecule has 0 bridgehead atoms. The predicted molar refractivity (Wildman–Crippen MR) is 94.5 cm³/mol. The Hall–Kier alpha value is -2.64. The molecule has 2 amide bonds. The van der Waals surface area contributed by atoms with Gasteiger partial charge in [0.15, 0.2) is 5.82 Å². The van der Waals surface area contributed by atoms with Crippen molar-refractivity contribution in [2.24, 2.45) is 7.05 Å². The number of aromatic nitrogens is 4. The summed E-state index contributed by atoms with van der Waals surface area (Å²) in [5.74, 6) is 0.365. The van der Waals surface area contributed by atoms with E-state index in [0.717, 1.165) is 37.8 Å². The highest BCUT2D eigenvalue weighted by Gasteiger charge is 2.33. The number of hydrogen-bond donors (Lipinski definition) is 1. The van der Waals surface area contributed by atoms with Crippen molar-refractivity contribution in [1.29, 1.82) is 0 Å². The van der Waals surface area contributed by atoms with Crippen LogP contribution in [0.3, 0.4) is 0 Å². The van der Waals surface area contributed by atoms with Gasteiger partial charge in [0, 0.05) is 50.5 Å². The van der Waals surface area contributed by atoms with Gasteiger partial charge in [-0.05, 0) is 38.2 Å². The molecule has 2 unspecified atom stereocenters. The molecule has 2 aromatic rings. The van der Waals surface area contributed by atoms with Gasteiger partial charge in [0.2, 0.25) is 5.91 Å². The van der Waals surface area contributed by atoms with Crippen LogP contribution < -0.4 is 5.32 Å². The minimum Gasteiger partial charge on any atom is -0.352 e. The molecular formula is C18H24N6O2. The standard InChI is InChI=1S/C18H24N6O2/c1-22-11-9-19-16(22)18(26)23-10-3-5-14(23)12-20-17(25)15-6-2-4-13-7-8-21-24(13)15/h7-9,11,14-15H,2-6,10,12H2,1H3,(H,20,25). The molecule has 0 aliphatic carbocycles. The molecule has 1 N–H and O–H groups in total. The van der Waals surface area contributed by atoms with Crippen LogP contribution in [0.5, 0.6) is 0 Å². The number of likely N-dealkylation sites (tertiary alicyclic amines) is 1. The number of carbonyl (C=O) groups is 2. The lowest BCUT2D eigenvalue weighted by molar-refractivity contribution is -0.125. The molecule has 1 fully saturated rings. The lowest BCUT2D eigenvalue weighted by Crippen LogP contribution is -2.45. The molecule has 2 aromatic heterocycles. The van der Waals surface area contributed by atoms with E-state index in [1.807, 2.05) is 22.7 Å². The van der Waals surface area contributed by atoms with Gasteiger partial charge in [0.25, 0.3) is 5.91 Å². The van der Waals surface area contributed by atoms with E-state index in [1.165, 1.54) is 0 Å². The quantitative estimate of drug-likeness (QED) is 0.883. The molecule has 8 heteroatoms. The summed E-state index contributed by atoms with van der Waals surface area (Å²) < 4.78 is 3.57. The second-order valence-electron chi connectivity index (χ2n) is 7.08. The van der Waals surface area contributed by atoms with Gasteiger partial charge in [-0.15, -0.1) is 0 Å². The van der Waals surface area contributed by atoms with Gasteiger partial charge >= 0.3 is 0 Å². The SMILES string of the molecule is Cn1ccnc1C(=O)N1CCCC1CNC(=O)C1CCCc2ccnn21. The molecule has 0 saturated carbocycles. The normalized spacial score (nSPS) is 22.3. The maximum absolute atomic E-state index is 12.7. The number of hydrogen-bond acceptors (Lipinski definition) is 4. The van der Waals surface area contributed by atoms with Crippen molar-refractivity contribution < 1.29 is 9.59 Å². The minimum absolute atomic E-state index is 0.00839. The Morgan fingerprint density at radius 2 is 2.15 bits per heavy atom. The van der Waals surface area contributed by atoms with Gasteiger partial charge in [0.05, 0.1) is 0 Å². The lowest BCUT2D eigenvalue weighted by Gasteiger charge is -2.27. The summed E-state index contributed by atoms with van der Waals surface area (Å²) in [5.41, 5.74) is 1.11. The van der Waals surface area contributed by atoms with E-state index in [0.29, 0.717) is 18.9 Å². The second-order valence-corrected chi connectivity index (χ2v) is 7.08. The van der Waals surface area contributed by atoms with Gasteiger partial charge in [-0.3, -0.25) is 14.3 Å². The zero-order chi connectivity index (χ0) is 18.1. The number of amides is 2. The van der Waals surface area contributed by atoms with Crippen LogP contribution in [-0.4, -0.2) is 55.2 Å². The highest BCUT2D eigenvalue weighted by molar-refractivity contribution is 5.91. The molecule has 26 heavy (non-hydrogen) atoms. The fourth-order valence-corrected chi connectivity index (χ4v) is 4.01. The third kappa shape index (κ3) is 3.00. The summed E-state index contributed by atoms with van der Waals surface area (Å²) in [6.45, 7) is 1.18. The Labute approximate surface area is 152 Å². The third-order valence-corrected chi connectivity index (χ3v) is 5.42. The van der Waals surface area contributed by atoms with Gasteiger partial charge in [-0.1, -0.05) is 0 Å². The van der Waals surface area contributed by atoms with Crippen LogP contribution in [0.25, 0.3) is 0 Å². The van der Waals surface area contributed by atoms with Crippen LogP contribution in [0.15, 0.2) is 24.7 Å². The molecule has 0 spiro atoms. The molecule has 1 saturated heterocycles. The highest BCUT2D eigenvalue weighted by Crippen LogP contribution is 2.24. The Morgan fingerprint density at radius 3 is 2.96 bits per heavy atom. The van der Waals surface area contributed by atoms with E-state index in [-0.39, 0.29) is 23.9 Å². The Morgan fingerprint density at radius 1 is 1.27 bits per heavy atom. The molecule has 0 radical (unpaired) electrons. The highest BCUT2D eigenvalue weighted by atomic mass is 16.2. The molecule has 138 valence electrons. The number of carbonyl (C=O) groups excluding carboxylic acids is 2. The summed E-state index contributed by atoms with van der Waals surface area (Å²) in [4.78, 5) is 31.4. The zero-order valence-corrected chi connectivity index (χ0v) is 15.0. The summed E-state index contributed by atoms with van der Waals surface area (Å²) in [7, 11) is 1.82. The molecule has 2 aliphatic heterocycles. The van der Waals surface area contributed by atoms with E-state index in [9.17, 15) is 9.59 Å². The van der Waals surface area contributed by atoms with Crippen molar-refractivity contribution in [2.45, 2.75) is 44.2 Å². The average molecular weight is 356 g/mol. The molecule has 4 heterocycles. The second kappa shape index (κ2) is 6.93. The Bertz CT molecular complexity index is 810. The van der Waals surface area contributed by atoms with Gasteiger partial charge in [-0.25, -0.2) is 4.98 Å². The molecule has 4 rings (SSSR count). The maximum atomic E-state index is 12.7. The van der Waals surface area contributed by atoms with Crippen LogP contribution >= 0.6 is 0 Å². The Kier molecular flexibility index (Phi) is 4.48. The van der Waals surface area contributed by atoms with Crippen LogP contribution in [0, 0.1) is 0 Å². The predicted octanol–water partition coefficient (Wildman–Crippen LogP) is 0.915. The van der Waals surface area contributed by atoms with E-state index >= 15 is 0 Å². The van der Waals surface area contributed by atoms with Crippen LogP contribution in [-0.2, 0) is 18.3 Å². The Balaban J connectivity index is 1.39. The maximum Gasteiger partial charge on any atom is 0.290 e. The summed E-state index contributed by atoms with van der Waals surface area (Å²) in [6.07, 6.45) is 9.77. The van der Waals surface area contributed by atoms with Crippen molar-refractivity contribution in [3.8, 4) is 0 Å².